The second-order valence-electron chi connectivity index (χ2n) is 6.60. The molecular weight excluding hydrogens is 369 g/mol. The number of rotatable bonds is 5. The van der Waals surface area contributed by atoms with Gasteiger partial charge in [0.2, 0.25) is 10.0 Å². The van der Waals surface area contributed by atoms with Crippen molar-refractivity contribution in [3.8, 4) is 0 Å². The topological polar surface area (TPSA) is 87.3 Å². The normalized spacial score (nSPS) is 20.2. The zero-order chi connectivity index (χ0) is 19.4. The van der Waals surface area contributed by atoms with Gasteiger partial charge in [0.25, 0.3) is 5.91 Å². The molecule has 0 radical (unpaired) electrons. The van der Waals surface area contributed by atoms with E-state index in [0.717, 1.165) is 19.4 Å². The Bertz CT molecular complexity index is 899. The Morgan fingerprint density at radius 2 is 1.78 bits per heavy atom. The lowest BCUT2D eigenvalue weighted by Gasteiger charge is -2.30. The van der Waals surface area contributed by atoms with Crippen LogP contribution in [0.3, 0.4) is 0 Å². The smallest absolute Gasteiger partial charge is 0.255 e. The third-order valence-electron chi connectivity index (χ3n) is 4.60. The minimum Gasteiger partial charge on any atom is -0.322 e. The number of carbonyl (C=O) groups is 1. The maximum absolute atomic E-state index is 12.9. The van der Waals surface area contributed by atoms with E-state index in [9.17, 15) is 17.6 Å². The molecule has 3 rings (SSSR count). The Morgan fingerprint density at radius 3 is 2.41 bits per heavy atom. The van der Waals surface area contributed by atoms with Gasteiger partial charge in [0, 0.05) is 23.3 Å². The lowest BCUT2D eigenvalue weighted by Crippen LogP contribution is -2.51. The van der Waals surface area contributed by atoms with E-state index in [-0.39, 0.29) is 17.0 Å². The molecule has 6 nitrogen and oxygen atoms in total. The van der Waals surface area contributed by atoms with E-state index in [1.165, 1.54) is 48.5 Å². The van der Waals surface area contributed by atoms with Gasteiger partial charge in [0.15, 0.2) is 0 Å². The Kier molecular flexibility index (Phi) is 5.88. The summed E-state index contributed by atoms with van der Waals surface area (Å²) in [5, 5.41) is 5.92. The summed E-state index contributed by atoms with van der Waals surface area (Å²) in [6.07, 6.45) is 1.71. The highest BCUT2D eigenvalue weighted by molar-refractivity contribution is 7.89. The number of carbonyl (C=O) groups excluding carboxylic acids is 1. The van der Waals surface area contributed by atoms with E-state index in [4.69, 9.17) is 0 Å². The molecular formula is C19H22FN3O3S. The molecule has 1 fully saturated rings. The average Bonchev–Trinajstić information content (AvgIpc) is 2.64. The Morgan fingerprint density at radius 1 is 1.11 bits per heavy atom. The van der Waals surface area contributed by atoms with Gasteiger partial charge in [-0.15, -0.1) is 0 Å². The third-order valence-corrected chi connectivity index (χ3v) is 6.10. The first kappa shape index (κ1) is 19.5. The summed E-state index contributed by atoms with van der Waals surface area (Å²) in [6.45, 7) is 2.85. The van der Waals surface area contributed by atoms with Crippen LogP contribution in [-0.2, 0) is 10.0 Å². The van der Waals surface area contributed by atoms with Gasteiger partial charge in [-0.2, -0.15) is 0 Å². The third kappa shape index (κ3) is 4.91. The molecule has 8 heteroatoms. The lowest BCUT2D eigenvalue weighted by atomic mass is 10.0. The number of benzene rings is 2. The van der Waals surface area contributed by atoms with Gasteiger partial charge in [0.05, 0.1) is 4.90 Å². The number of halogens is 1. The molecule has 1 aliphatic heterocycles. The SMILES string of the molecule is CC1NCCCC1NS(=O)(=O)c1ccc(NC(=O)c2ccc(F)cc2)cc1. The molecule has 1 heterocycles. The maximum atomic E-state index is 12.9. The van der Waals surface area contributed by atoms with Crippen molar-refractivity contribution in [1.82, 2.24) is 10.0 Å². The van der Waals surface area contributed by atoms with E-state index in [1.54, 1.807) is 0 Å². The summed E-state index contributed by atoms with van der Waals surface area (Å²) < 4.78 is 40.8. The lowest BCUT2D eigenvalue weighted by molar-refractivity contribution is 0.102. The maximum Gasteiger partial charge on any atom is 0.255 e. The zero-order valence-corrected chi connectivity index (χ0v) is 15.7. The molecule has 0 bridgehead atoms. The van der Waals surface area contributed by atoms with Crippen molar-refractivity contribution in [3.63, 3.8) is 0 Å². The minimum atomic E-state index is -3.64. The van der Waals surface area contributed by atoms with Crippen LogP contribution in [0.25, 0.3) is 0 Å². The van der Waals surface area contributed by atoms with Crippen LogP contribution >= 0.6 is 0 Å². The second kappa shape index (κ2) is 8.16. The van der Waals surface area contributed by atoms with Crippen LogP contribution in [0.5, 0.6) is 0 Å². The van der Waals surface area contributed by atoms with Crippen molar-refractivity contribution in [2.75, 3.05) is 11.9 Å². The van der Waals surface area contributed by atoms with Crippen molar-refractivity contribution in [2.45, 2.75) is 36.7 Å². The molecule has 3 N–H and O–H groups in total. The molecule has 1 aliphatic rings. The zero-order valence-electron chi connectivity index (χ0n) is 14.9. The van der Waals surface area contributed by atoms with Crippen LogP contribution < -0.4 is 15.4 Å². The first-order valence-corrected chi connectivity index (χ1v) is 10.3. The molecule has 2 aromatic carbocycles. The summed E-state index contributed by atoms with van der Waals surface area (Å²) in [5.74, 6) is -0.818. The molecule has 1 amide bonds. The van der Waals surface area contributed by atoms with Gasteiger partial charge < -0.3 is 10.6 Å². The van der Waals surface area contributed by atoms with Crippen molar-refractivity contribution < 1.29 is 17.6 Å². The van der Waals surface area contributed by atoms with Gasteiger partial charge in [0.1, 0.15) is 5.82 Å². The summed E-state index contributed by atoms with van der Waals surface area (Å²) in [4.78, 5) is 12.3. The fourth-order valence-electron chi connectivity index (χ4n) is 2.99. The predicted molar refractivity (Wildman–Crippen MR) is 102 cm³/mol. The minimum absolute atomic E-state index is 0.0720. The van der Waals surface area contributed by atoms with Gasteiger partial charge >= 0.3 is 0 Å². The fourth-order valence-corrected chi connectivity index (χ4v) is 4.35. The number of sulfonamides is 1. The van der Waals surface area contributed by atoms with Gasteiger partial charge in [-0.05, 0) is 74.8 Å². The molecule has 144 valence electrons. The Hall–Kier alpha value is -2.29. The summed E-state index contributed by atoms with van der Waals surface area (Å²) >= 11 is 0. The average molecular weight is 391 g/mol. The van der Waals surface area contributed by atoms with Crippen molar-refractivity contribution >= 4 is 21.6 Å². The predicted octanol–water partition coefficient (Wildman–Crippen LogP) is 2.50. The van der Waals surface area contributed by atoms with E-state index >= 15 is 0 Å². The molecule has 1 saturated heterocycles. The second-order valence-corrected chi connectivity index (χ2v) is 8.31. The van der Waals surface area contributed by atoms with Crippen LogP contribution in [0.1, 0.15) is 30.1 Å². The molecule has 0 spiro atoms. The summed E-state index contributed by atoms with van der Waals surface area (Å²) in [7, 11) is -3.64. The van der Waals surface area contributed by atoms with E-state index in [1.807, 2.05) is 6.92 Å². The van der Waals surface area contributed by atoms with Crippen LogP contribution in [0.15, 0.2) is 53.4 Å². The quantitative estimate of drug-likeness (QED) is 0.731. The fraction of sp³-hybridized carbons (Fsp3) is 0.316. The molecule has 0 aromatic heterocycles. The van der Waals surface area contributed by atoms with Crippen molar-refractivity contribution in [1.29, 1.82) is 0 Å². The van der Waals surface area contributed by atoms with Crippen LogP contribution in [0.2, 0.25) is 0 Å². The highest BCUT2D eigenvalue weighted by Crippen LogP contribution is 2.17. The first-order chi connectivity index (χ1) is 12.8. The number of piperidine rings is 1. The Labute approximate surface area is 158 Å². The number of hydrogen-bond donors (Lipinski definition) is 3. The standard InChI is InChI=1S/C19H22FN3O3S/c1-13-18(3-2-12-21-13)23-27(25,26)17-10-8-16(9-11-17)22-19(24)14-4-6-15(20)7-5-14/h4-11,13,18,21,23H,2-3,12H2,1H3,(H,22,24). The number of amides is 1. The largest absolute Gasteiger partial charge is 0.322 e. The van der Waals surface area contributed by atoms with Crippen molar-refractivity contribution in [2.24, 2.45) is 0 Å². The summed E-state index contributed by atoms with van der Waals surface area (Å²) in [6, 6.07) is 11.0. The Balaban J connectivity index is 1.67. The number of hydrogen-bond acceptors (Lipinski definition) is 4. The van der Waals surface area contributed by atoms with Crippen LogP contribution in [0, 0.1) is 5.82 Å². The first-order valence-electron chi connectivity index (χ1n) is 8.78. The van der Waals surface area contributed by atoms with Crippen molar-refractivity contribution in [3.05, 3.63) is 59.9 Å². The summed E-state index contributed by atoms with van der Waals surface area (Å²) in [5.41, 5.74) is 0.768. The van der Waals surface area contributed by atoms with Gasteiger partial charge in [-0.3, -0.25) is 4.79 Å². The van der Waals surface area contributed by atoms with E-state index in [0.29, 0.717) is 11.3 Å². The molecule has 0 aliphatic carbocycles. The molecule has 27 heavy (non-hydrogen) atoms. The van der Waals surface area contributed by atoms with Gasteiger partial charge in [-0.25, -0.2) is 17.5 Å². The van der Waals surface area contributed by atoms with Crippen LogP contribution in [0.4, 0.5) is 10.1 Å². The van der Waals surface area contributed by atoms with E-state index in [2.05, 4.69) is 15.4 Å². The monoisotopic (exact) mass is 391 g/mol. The number of anilines is 1. The van der Waals surface area contributed by atoms with Gasteiger partial charge in [-0.1, -0.05) is 0 Å². The highest BCUT2D eigenvalue weighted by atomic mass is 32.2. The number of nitrogens with one attached hydrogen (secondary N) is 3. The van der Waals surface area contributed by atoms with E-state index < -0.39 is 21.7 Å². The molecule has 2 atom stereocenters. The van der Waals surface area contributed by atoms with Crippen LogP contribution in [-0.4, -0.2) is 33.0 Å². The highest BCUT2D eigenvalue weighted by Gasteiger charge is 2.26. The molecule has 2 aromatic rings. The molecule has 2 unspecified atom stereocenters. The molecule has 0 saturated carbocycles.